The molecule has 1 aromatic carbocycles. The third-order valence-electron chi connectivity index (χ3n) is 4.50. The summed E-state index contributed by atoms with van der Waals surface area (Å²) in [6.45, 7) is 1.02. The summed E-state index contributed by atoms with van der Waals surface area (Å²) in [5, 5.41) is 4.02. The minimum atomic E-state index is -4.39. The molecular weight excluding hydrogens is 345 g/mol. The number of oxime groups is 1. The lowest BCUT2D eigenvalue weighted by atomic mass is 9.85. The number of carbonyl (C=O) groups excluding carboxylic acids is 1. The van der Waals surface area contributed by atoms with Crippen molar-refractivity contribution >= 4 is 23.2 Å². The second kappa shape index (κ2) is 6.27. The summed E-state index contributed by atoms with van der Waals surface area (Å²) in [6, 6.07) is 5.09. The lowest BCUT2D eigenvalue weighted by Crippen LogP contribution is -2.47. The third-order valence-corrected chi connectivity index (χ3v) is 4.73. The van der Waals surface area contributed by atoms with E-state index in [-0.39, 0.29) is 11.8 Å². The summed E-state index contributed by atoms with van der Waals surface area (Å²) < 4.78 is 38.5. The number of halogens is 4. The topological polar surface area (TPSA) is 41.9 Å². The van der Waals surface area contributed by atoms with Gasteiger partial charge in [-0.05, 0) is 12.1 Å². The Kier molecular flexibility index (Phi) is 4.46. The van der Waals surface area contributed by atoms with E-state index in [1.54, 1.807) is 11.0 Å². The summed E-state index contributed by atoms with van der Waals surface area (Å²) in [5.74, 6) is -0.177. The van der Waals surface area contributed by atoms with Crippen LogP contribution in [0.3, 0.4) is 0 Å². The van der Waals surface area contributed by atoms with Gasteiger partial charge in [-0.25, -0.2) is 0 Å². The highest BCUT2D eigenvalue weighted by Gasteiger charge is 2.43. The molecule has 24 heavy (non-hydrogen) atoms. The van der Waals surface area contributed by atoms with Gasteiger partial charge in [-0.2, -0.15) is 13.2 Å². The fourth-order valence-corrected chi connectivity index (χ4v) is 3.24. The molecule has 3 rings (SSSR count). The lowest BCUT2D eigenvalue weighted by Gasteiger charge is -2.37. The monoisotopic (exact) mass is 360 g/mol. The van der Waals surface area contributed by atoms with E-state index >= 15 is 0 Å². The molecule has 1 aromatic rings. The minimum Gasteiger partial charge on any atom is -0.388 e. The van der Waals surface area contributed by atoms with Crippen molar-refractivity contribution in [1.29, 1.82) is 0 Å². The second-order valence-electron chi connectivity index (χ2n) is 6.08. The molecule has 0 unspecified atom stereocenters. The Morgan fingerprint density at radius 3 is 2.67 bits per heavy atom. The maximum absolute atomic E-state index is 12.8. The molecule has 0 aliphatic carbocycles. The van der Waals surface area contributed by atoms with Gasteiger partial charge in [-0.3, -0.25) is 4.79 Å². The van der Waals surface area contributed by atoms with Crippen LogP contribution in [0.15, 0.2) is 29.4 Å². The smallest absolute Gasteiger partial charge is 0.388 e. The summed E-state index contributed by atoms with van der Waals surface area (Å²) >= 11 is 5.55. The van der Waals surface area contributed by atoms with Gasteiger partial charge in [0.15, 0.2) is 0 Å². The lowest BCUT2D eigenvalue weighted by molar-refractivity contribution is -0.137. The van der Waals surface area contributed by atoms with Crippen LogP contribution in [0.25, 0.3) is 0 Å². The Labute approximate surface area is 142 Å². The van der Waals surface area contributed by atoms with Crippen LogP contribution < -0.4 is 0 Å². The van der Waals surface area contributed by atoms with Crippen LogP contribution in [0.2, 0.25) is 0 Å². The predicted octanol–water partition coefficient (Wildman–Crippen LogP) is 3.43. The number of hydrogen-bond acceptors (Lipinski definition) is 3. The maximum Gasteiger partial charge on any atom is 0.416 e. The molecule has 1 fully saturated rings. The first-order chi connectivity index (χ1) is 11.3. The van der Waals surface area contributed by atoms with E-state index in [9.17, 15) is 18.0 Å². The number of carbonyl (C=O) groups is 1. The van der Waals surface area contributed by atoms with E-state index < -0.39 is 17.3 Å². The second-order valence-corrected chi connectivity index (χ2v) is 6.35. The largest absolute Gasteiger partial charge is 0.416 e. The first kappa shape index (κ1) is 17.1. The Balaban J connectivity index is 1.69. The maximum atomic E-state index is 12.8. The van der Waals surface area contributed by atoms with Gasteiger partial charge in [0, 0.05) is 37.9 Å². The van der Waals surface area contributed by atoms with Crippen LogP contribution in [-0.2, 0) is 15.8 Å². The normalized spacial score (nSPS) is 20.0. The molecule has 0 bridgehead atoms. The van der Waals surface area contributed by atoms with E-state index in [1.807, 2.05) is 0 Å². The van der Waals surface area contributed by atoms with Crippen LogP contribution in [0.4, 0.5) is 13.2 Å². The van der Waals surface area contributed by atoms with Gasteiger partial charge < -0.3 is 9.74 Å². The van der Waals surface area contributed by atoms with Crippen LogP contribution in [-0.4, -0.2) is 41.1 Å². The van der Waals surface area contributed by atoms with Gasteiger partial charge in [0.1, 0.15) is 11.5 Å². The molecule has 0 saturated carbocycles. The van der Waals surface area contributed by atoms with Crippen LogP contribution in [0.1, 0.15) is 30.4 Å². The first-order valence-corrected chi connectivity index (χ1v) is 8.13. The van der Waals surface area contributed by atoms with Crippen molar-refractivity contribution in [3.63, 3.8) is 0 Å². The molecule has 4 nitrogen and oxygen atoms in total. The Morgan fingerprint density at radius 1 is 1.33 bits per heavy atom. The quantitative estimate of drug-likeness (QED) is 0.758. The van der Waals surface area contributed by atoms with Crippen molar-refractivity contribution in [1.82, 2.24) is 4.90 Å². The third kappa shape index (κ3) is 3.36. The molecule has 8 heteroatoms. The molecule has 1 amide bonds. The molecule has 0 radical (unpaired) electrons. The number of piperidine rings is 1. The number of alkyl halides is 4. The van der Waals surface area contributed by atoms with Crippen molar-refractivity contribution in [2.24, 2.45) is 5.16 Å². The average molecular weight is 361 g/mol. The van der Waals surface area contributed by atoms with Crippen molar-refractivity contribution in [3.05, 3.63) is 35.4 Å². The van der Waals surface area contributed by atoms with E-state index in [1.165, 1.54) is 6.07 Å². The SMILES string of the molecule is O=C(CCl)N1CCC2(CC1)CC(c1cccc(C(F)(F)F)c1)=NO2. The van der Waals surface area contributed by atoms with Crippen LogP contribution in [0, 0.1) is 0 Å². The number of benzene rings is 1. The van der Waals surface area contributed by atoms with Gasteiger partial charge in [-0.1, -0.05) is 17.3 Å². The molecule has 130 valence electrons. The average Bonchev–Trinajstić information content (AvgIpc) is 2.98. The zero-order valence-electron chi connectivity index (χ0n) is 12.8. The number of amides is 1. The molecule has 1 spiro atoms. The zero-order valence-corrected chi connectivity index (χ0v) is 13.5. The molecule has 1 saturated heterocycles. The van der Waals surface area contributed by atoms with Crippen molar-refractivity contribution < 1.29 is 22.8 Å². The van der Waals surface area contributed by atoms with Crippen LogP contribution >= 0.6 is 11.6 Å². The standard InChI is InChI=1S/C16H16ClF3N2O2/c17-10-14(23)22-6-4-15(5-7-22)9-13(21-24-15)11-2-1-3-12(8-11)16(18,19)20/h1-3,8H,4-7,9-10H2. The van der Waals surface area contributed by atoms with E-state index in [2.05, 4.69) is 5.16 Å². The van der Waals surface area contributed by atoms with Gasteiger partial charge in [0.05, 0.1) is 11.3 Å². The summed E-state index contributed by atoms with van der Waals surface area (Å²) in [7, 11) is 0. The summed E-state index contributed by atoms with van der Waals surface area (Å²) in [4.78, 5) is 18.8. The van der Waals surface area contributed by atoms with E-state index in [4.69, 9.17) is 16.4 Å². The number of rotatable bonds is 2. The first-order valence-electron chi connectivity index (χ1n) is 7.59. The van der Waals surface area contributed by atoms with Crippen LogP contribution in [0.5, 0.6) is 0 Å². The highest BCUT2D eigenvalue weighted by Crippen LogP contribution is 2.37. The number of nitrogens with zero attached hydrogens (tertiary/aromatic N) is 2. The minimum absolute atomic E-state index is 0.0557. The van der Waals surface area contributed by atoms with E-state index in [0.29, 0.717) is 43.6 Å². The Morgan fingerprint density at radius 2 is 2.04 bits per heavy atom. The predicted molar refractivity (Wildman–Crippen MR) is 82.9 cm³/mol. The zero-order chi connectivity index (χ0) is 17.4. The molecule has 2 aliphatic heterocycles. The molecule has 0 aromatic heterocycles. The number of hydrogen-bond donors (Lipinski definition) is 0. The van der Waals surface area contributed by atoms with Gasteiger partial charge in [-0.15, -0.1) is 11.6 Å². The summed E-state index contributed by atoms with van der Waals surface area (Å²) in [6.07, 6.45) is -2.78. The van der Waals surface area contributed by atoms with Crippen molar-refractivity contribution in [3.8, 4) is 0 Å². The molecule has 0 N–H and O–H groups in total. The van der Waals surface area contributed by atoms with Gasteiger partial charge >= 0.3 is 6.18 Å². The summed E-state index contributed by atoms with van der Waals surface area (Å²) in [5.41, 5.74) is -0.308. The van der Waals surface area contributed by atoms with E-state index in [0.717, 1.165) is 12.1 Å². The van der Waals surface area contributed by atoms with Crippen molar-refractivity contribution in [2.45, 2.75) is 31.0 Å². The van der Waals surface area contributed by atoms with Gasteiger partial charge in [0.25, 0.3) is 0 Å². The molecule has 2 heterocycles. The van der Waals surface area contributed by atoms with Crippen molar-refractivity contribution in [2.75, 3.05) is 19.0 Å². The Bertz CT molecular complexity index is 668. The molecule has 0 atom stereocenters. The fraction of sp³-hybridized carbons (Fsp3) is 0.500. The Hall–Kier alpha value is -1.76. The molecule has 2 aliphatic rings. The van der Waals surface area contributed by atoms with Gasteiger partial charge in [0.2, 0.25) is 5.91 Å². The molecular formula is C16H16ClF3N2O2. The highest BCUT2D eigenvalue weighted by atomic mass is 35.5. The highest BCUT2D eigenvalue weighted by molar-refractivity contribution is 6.27. The fourth-order valence-electron chi connectivity index (χ4n) is 3.07. The number of likely N-dealkylation sites (tertiary alicyclic amines) is 1.